The van der Waals surface area contributed by atoms with Crippen LogP contribution in [0.4, 0.5) is 0 Å². The third-order valence-corrected chi connectivity index (χ3v) is 3.27. The van der Waals surface area contributed by atoms with E-state index in [-0.39, 0.29) is 18.2 Å². The molecule has 0 saturated carbocycles. The zero-order chi connectivity index (χ0) is 13.5. The quantitative estimate of drug-likeness (QED) is 0.740. The van der Waals surface area contributed by atoms with Gasteiger partial charge in [-0.25, -0.2) is 0 Å². The van der Waals surface area contributed by atoms with Crippen LogP contribution in [0.25, 0.3) is 0 Å². The van der Waals surface area contributed by atoms with E-state index in [0.29, 0.717) is 26.1 Å². The van der Waals surface area contributed by atoms with Crippen LogP contribution in [0, 0.1) is 5.41 Å². The second kappa shape index (κ2) is 7.30. The molecule has 0 aliphatic heterocycles. The predicted molar refractivity (Wildman–Crippen MR) is 69.6 cm³/mol. The summed E-state index contributed by atoms with van der Waals surface area (Å²) < 4.78 is 0. The molecule has 0 aromatic heterocycles. The maximum atomic E-state index is 12.3. The van der Waals surface area contributed by atoms with Crippen LogP contribution in [-0.4, -0.2) is 36.3 Å². The van der Waals surface area contributed by atoms with Gasteiger partial charge in [0.05, 0.1) is 5.41 Å². The van der Waals surface area contributed by atoms with Crippen molar-refractivity contribution in [3.63, 3.8) is 0 Å². The van der Waals surface area contributed by atoms with Crippen LogP contribution in [0.15, 0.2) is 0 Å². The molecule has 4 heteroatoms. The summed E-state index contributed by atoms with van der Waals surface area (Å²) in [6.07, 6.45) is 0.951. The lowest BCUT2D eigenvalue weighted by Gasteiger charge is -2.32. The van der Waals surface area contributed by atoms with Gasteiger partial charge in [-0.2, -0.15) is 0 Å². The van der Waals surface area contributed by atoms with Crippen molar-refractivity contribution in [2.45, 2.75) is 47.5 Å². The SMILES string of the molecule is CCNC(=O)CC(C)(CC)C(=O)N(CC)CC. The Morgan fingerprint density at radius 2 is 1.65 bits per heavy atom. The third kappa shape index (κ3) is 4.36. The number of rotatable bonds is 7. The Morgan fingerprint density at radius 3 is 2.00 bits per heavy atom. The Labute approximate surface area is 105 Å². The molecular weight excluding hydrogens is 216 g/mol. The summed E-state index contributed by atoms with van der Waals surface area (Å²) in [5, 5.41) is 2.76. The zero-order valence-electron chi connectivity index (χ0n) is 11.8. The maximum Gasteiger partial charge on any atom is 0.228 e. The summed E-state index contributed by atoms with van der Waals surface area (Å²) in [5.74, 6) is 0.0357. The summed E-state index contributed by atoms with van der Waals surface area (Å²) in [6, 6.07) is 0. The lowest BCUT2D eigenvalue weighted by atomic mass is 9.82. The van der Waals surface area contributed by atoms with Gasteiger partial charge in [-0.15, -0.1) is 0 Å². The fourth-order valence-corrected chi connectivity index (χ4v) is 1.86. The lowest BCUT2D eigenvalue weighted by molar-refractivity contribution is -0.144. The van der Waals surface area contributed by atoms with Crippen LogP contribution in [0.2, 0.25) is 0 Å². The molecule has 17 heavy (non-hydrogen) atoms. The smallest absolute Gasteiger partial charge is 0.228 e. The Bertz CT molecular complexity index is 262. The number of carbonyl (C=O) groups is 2. The molecule has 0 rings (SSSR count). The van der Waals surface area contributed by atoms with Crippen molar-refractivity contribution in [1.82, 2.24) is 10.2 Å². The molecule has 0 spiro atoms. The van der Waals surface area contributed by atoms with Crippen molar-refractivity contribution in [1.29, 1.82) is 0 Å². The van der Waals surface area contributed by atoms with E-state index < -0.39 is 5.41 Å². The van der Waals surface area contributed by atoms with E-state index >= 15 is 0 Å². The molecular formula is C13H26N2O2. The van der Waals surface area contributed by atoms with Crippen LogP contribution in [0.3, 0.4) is 0 Å². The topological polar surface area (TPSA) is 49.4 Å². The molecule has 1 unspecified atom stereocenters. The van der Waals surface area contributed by atoms with Gasteiger partial charge in [0.2, 0.25) is 11.8 Å². The highest BCUT2D eigenvalue weighted by Gasteiger charge is 2.36. The molecule has 0 aromatic carbocycles. The number of amides is 2. The molecule has 2 amide bonds. The molecule has 1 N–H and O–H groups in total. The highest BCUT2D eigenvalue weighted by Crippen LogP contribution is 2.28. The maximum absolute atomic E-state index is 12.3. The van der Waals surface area contributed by atoms with Crippen LogP contribution >= 0.6 is 0 Å². The molecule has 0 aromatic rings. The summed E-state index contributed by atoms with van der Waals surface area (Å²) in [6.45, 7) is 11.6. The van der Waals surface area contributed by atoms with Gasteiger partial charge in [0.1, 0.15) is 0 Å². The minimum absolute atomic E-state index is 0.0441. The van der Waals surface area contributed by atoms with Crippen molar-refractivity contribution >= 4 is 11.8 Å². The van der Waals surface area contributed by atoms with Crippen LogP contribution < -0.4 is 5.32 Å². The van der Waals surface area contributed by atoms with Gasteiger partial charge in [-0.05, 0) is 27.2 Å². The van der Waals surface area contributed by atoms with Gasteiger partial charge in [-0.3, -0.25) is 9.59 Å². The fraction of sp³-hybridized carbons (Fsp3) is 0.846. The largest absolute Gasteiger partial charge is 0.356 e. The average Bonchev–Trinajstić information content (AvgIpc) is 2.30. The first-order valence-corrected chi connectivity index (χ1v) is 6.51. The molecule has 0 fully saturated rings. The van der Waals surface area contributed by atoms with Gasteiger partial charge in [0, 0.05) is 26.1 Å². The van der Waals surface area contributed by atoms with Crippen LogP contribution in [0.1, 0.15) is 47.5 Å². The summed E-state index contributed by atoms with van der Waals surface area (Å²) in [4.78, 5) is 25.8. The highest BCUT2D eigenvalue weighted by atomic mass is 16.2. The molecule has 0 aliphatic carbocycles. The van der Waals surface area contributed by atoms with Crippen molar-refractivity contribution < 1.29 is 9.59 Å². The first kappa shape index (κ1) is 15.9. The average molecular weight is 242 g/mol. The molecule has 0 bridgehead atoms. The van der Waals surface area contributed by atoms with Crippen LogP contribution in [0.5, 0.6) is 0 Å². The number of nitrogens with one attached hydrogen (secondary N) is 1. The van der Waals surface area contributed by atoms with E-state index in [1.807, 2.05) is 34.6 Å². The first-order valence-electron chi connectivity index (χ1n) is 6.51. The summed E-state index contributed by atoms with van der Waals surface area (Å²) in [5.41, 5.74) is -0.578. The molecule has 0 saturated heterocycles. The first-order chi connectivity index (χ1) is 7.95. The number of hydrogen-bond donors (Lipinski definition) is 1. The third-order valence-electron chi connectivity index (χ3n) is 3.27. The van der Waals surface area contributed by atoms with Gasteiger partial charge in [-0.1, -0.05) is 13.8 Å². The van der Waals surface area contributed by atoms with Gasteiger partial charge in [0.25, 0.3) is 0 Å². The van der Waals surface area contributed by atoms with Crippen molar-refractivity contribution in [2.24, 2.45) is 5.41 Å². The van der Waals surface area contributed by atoms with Gasteiger partial charge in [0.15, 0.2) is 0 Å². The lowest BCUT2D eigenvalue weighted by Crippen LogP contribution is -2.44. The Hall–Kier alpha value is -1.06. The van der Waals surface area contributed by atoms with Crippen molar-refractivity contribution in [3.8, 4) is 0 Å². The molecule has 100 valence electrons. The molecule has 4 nitrogen and oxygen atoms in total. The minimum atomic E-state index is -0.578. The molecule has 0 radical (unpaired) electrons. The Morgan fingerprint density at radius 1 is 1.12 bits per heavy atom. The van der Waals surface area contributed by atoms with Crippen molar-refractivity contribution in [3.05, 3.63) is 0 Å². The predicted octanol–water partition coefficient (Wildman–Crippen LogP) is 1.80. The summed E-state index contributed by atoms with van der Waals surface area (Å²) >= 11 is 0. The van der Waals surface area contributed by atoms with E-state index in [2.05, 4.69) is 5.32 Å². The summed E-state index contributed by atoms with van der Waals surface area (Å²) in [7, 11) is 0. The highest BCUT2D eigenvalue weighted by molar-refractivity contribution is 5.88. The molecule has 1 atom stereocenters. The minimum Gasteiger partial charge on any atom is -0.356 e. The van der Waals surface area contributed by atoms with E-state index in [1.54, 1.807) is 4.90 Å². The normalized spacial score (nSPS) is 13.9. The van der Waals surface area contributed by atoms with E-state index in [9.17, 15) is 9.59 Å². The Kier molecular flexibility index (Phi) is 6.85. The fourth-order valence-electron chi connectivity index (χ4n) is 1.86. The number of carbonyl (C=O) groups excluding carboxylic acids is 2. The zero-order valence-corrected chi connectivity index (χ0v) is 11.8. The molecule has 0 aliphatic rings. The van der Waals surface area contributed by atoms with E-state index in [1.165, 1.54) is 0 Å². The van der Waals surface area contributed by atoms with Crippen molar-refractivity contribution in [2.75, 3.05) is 19.6 Å². The van der Waals surface area contributed by atoms with Gasteiger partial charge >= 0.3 is 0 Å². The van der Waals surface area contributed by atoms with Crippen LogP contribution in [-0.2, 0) is 9.59 Å². The second-order valence-electron chi connectivity index (χ2n) is 4.52. The Balaban J connectivity index is 4.75. The van der Waals surface area contributed by atoms with E-state index in [4.69, 9.17) is 0 Å². The van der Waals surface area contributed by atoms with E-state index in [0.717, 1.165) is 0 Å². The standard InChI is InChI=1S/C13H26N2O2/c1-6-13(5,10-11(16)14-7-2)12(17)15(8-3)9-4/h6-10H2,1-5H3,(H,14,16). The van der Waals surface area contributed by atoms with Gasteiger partial charge < -0.3 is 10.2 Å². The number of hydrogen-bond acceptors (Lipinski definition) is 2. The monoisotopic (exact) mass is 242 g/mol. The second-order valence-corrected chi connectivity index (χ2v) is 4.52. The number of nitrogens with zero attached hydrogens (tertiary/aromatic N) is 1. The molecule has 0 heterocycles.